The topological polar surface area (TPSA) is 46.2 Å². The molecule has 3 heteroatoms. The van der Waals surface area contributed by atoms with Gasteiger partial charge in [-0.1, -0.05) is 72.0 Å². The molecule has 0 aromatic heterocycles. The fraction of sp³-hybridized carbons (Fsp3) is 0.789. The van der Waals surface area contributed by atoms with Gasteiger partial charge in [0.1, 0.15) is 5.78 Å². The third-order valence-electron chi connectivity index (χ3n) is 3.71. The summed E-state index contributed by atoms with van der Waals surface area (Å²) in [5, 5.41) is 2.93. The van der Waals surface area contributed by atoms with Crippen LogP contribution in [0.5, 0.6) is 0 Å². The zero-order chi connectivity index (χ0) is 16.8. The molecule has 22 heavy (non-hydrogen) atoms. The number of nitrogens with one attached hydrogen (secondary N) is 1. The predicted molar refractivity (Wildman–Crippen MR) is 93.8 cm³/mol. The number of rotatable bonds is 13. The van der Waals surface area contributed by atoms with E-state index in [1.54, 1.807) is 12.2 Å². The van der Waals surface area contributed by atoms with Crippen molar-refractivity contribution in [3.63, 3.8) is 0 Å². The number of allylic oxidation sites excluding steroid dienone is 1. The molecule has 0 aliphatic carbocycles. The second kappa shape index (κ2) is 13.5. The zero-order valence-corrected chi connectivity index (χ0v) is 15.0. The largest absolute Gasteiger partial charge is 0.356 e. The Morgan fingerprint density at radius 3 is 2.09 bits per heavy atom. The van der Waals surface area contributed by atoms with Gasteiger partial charge in [-0.05, 0) is 12.3 Å². The van der Waals surface area contributed by atoms with Crippen LogP contribution in [0.25, 0.3) is 0 Å². The standard InChI is InChI=1S/C19H35NO2/c1-16(2)12-8-6-5-7-11-15-20-19(22)14-10-9-13-18(21)17(3)4/h9-10,16-17H,5-8,11-15H2,1-4H3,(H,20,22)/b10-9+. The maximum Gasteiger partial charge on any atom is 0.223 e. The fourth-order valence-electron chi connectivity index (χ4n) is 2.13. The Labute approximate surface area is 136 Å². The summed E-state index contributed by atoms with van der Waals surface area (Å²) >= 11 is 0. The summed E-state index contributed by atoms with van der Waals surface area (Å²) in [6, 6.07) is 0. The van der Waals surface area contributed by atoms with E-state index >= 15 is 0 Å². The molecule has 0 saturated heterocycles. The van der Waals surface area contributed by atoms with Gasteiger partial charge in [0.25, 0.3) is 0 Å². The van der Waals surface area contributed by atoms with Crippen LogP contribution in [0.15, 0.2) is 12.2 Å². The van der Waals surface area contributed by atoms with E-state index in [1.165, 1.54) is 32.1 Å². The second-order valence-electron chi connectivity index (χ2n) is 6.80. The van der Waals surface area contributed by atoms with Crippen LogP contribution >= 0.6 is 0 Å². The van der Waals surface area contributed by atoms with E-state index in [0.29, 0.717) is 12.8 Å². The highest BCUT2D eigenvalue weighted by Crippen LogP contribution is 2.10. The van der Waals surface area contributed by atoms with Crippen LogP contribution in [0.4, 0.5) is 0 Å². The number of amides is 1. The molecule has 0 spiro atoms. The summed E-state index contributed by atoms with van der Waals surface area (Å²) in [5.41, 5.74) is 0. The van der Waals surface area contributed by atoms with Crippen molar-refractivity contribution in [1.29, 1.82) is 0 Å². The van der Waals surface area contributed by atoms with Crippen LogP contribution in [-0.2, 0) is 9.59 Å². The molecule has 0 aromatic rings. The summed E-state index contributed by atoms with van der Waals surface area (Å²) in [4.78, 5) is 23.0. The van der Waals surface area contributed by atoms with Crippen LogP contribution in [0.3, 0.4) is 0 Å². The van der Waals surface area contributed by atoms with Gasteiger partial charge in [0.05, 0.1) is 0 Å². The Bertz CT molecular complexity index is 332. The van der Waals surface area contributed by atoms with Crippen molar-refractivity contribution < 1.29 is 9.59 Å². The number of Topliss-reactive ketones (excluding diaryl/α,β-unsaturated/α-hetero) is 1. The lowest BCUT2D eigenvalue weighted by atomic mass is 10.0. The third kappa shape index (κ3) is 13.8. The van der Waals surface area contributed by atoms with Crippen LogP contribution < -0.4 is 5.32 Å². The monoisotopic (exact) mass is 309 g/mol. The van der Waals surface area contributed by atoms with Gasteiger partial charge < -0.3 is 5.32 Å². The number of unbranched alkanes of at least 4 members (excludes halogenated alkanes) is 4. The molecule has 0 rings (SSSR count). The first-order valence-electron chi connectivity index (χ1n) is 8.88. The number of hydrogen-bond acceptors (Lipinski definition) is 2. The lowest BCUT2D eigenvalue weighted by molar-refractivity contribution is -0.121. The van der Waals surface area contributed by atoms with E-state index in [2.05, 4.69) is 19.2 Å². The number of carbonyl (C=O) groups is 2. The molecule has 3 nitrogen and oxygen atoms in total. The van der Waals surface area contributed by atoms with Gasteiger partial charge in [-0.15, -0.1) is 0 Å². The molecule has 0 aliphatic rings. The Morgan fingerprint density at radius 1 is 0.864 bits per heavy atom. The van der Waals surface area contributed by atoms with Crippen molar-refractivity contribution in [1.82, 2.24) is 5.32 Å². The summed E-state index contributed by atoms with van der Waals surface area (Å²) < 4.78 is 0. The Kier molecular flexibility index (Phi) is 12.8. The first kappa shape index (κ1) is 20.9. The van der Waals surface area contributed by atoms with E-state index < -0.39 is 0 Å². The molecule has 0 fully saturated rings. The van der Waals surface area contributed by atoms with Crippen LogP contribution in [-0.4, -0.2) is 18.2 Å². The molecule has 0 aromatic carbocycles. The molecule has 0 radical (unpaired) electrons. The molecule has 128 valence electrons. The molecular weight excluding hydrogens is 274 g/mol. The number of hydrogen-bond donors (Lipinski definition) is 1. The van der Waals surface area contributed by atoms with E-state index in [1.807, 2.05) is 13.8 Å². The number of carbonyl (C=O) groups excluding carboxylic acids is 2. The van der Waals surface area contributed by atoms with Gasteiger partial charge in [-0.2, -0.15) is 0 Å². The smallest absolute Gasteiger partial charge is 0.223 e. The Morgan fingerprint density at radius 2 is 1.45 bits per heavy atom. The first-order chi connectivity index (χ1) is 10.4. The molecular formula is C19H35NO2. The average Bonchev–Trinajstić information content (AvgIpc) is 2.45. The van der Waals surface area contributed by atoms with Gasteiger partial charge >= 0.3 is 0 Å². The van der Waals surface area contributed by atoms with Crippen molar-refractivity contribution >= 4 is 11.7 Å². The van der Waals surface area contributed by atoms with Crippen molar-refractivity contribution in [2.75, 3.05) is 6.54 Å². The van der Waals surface area contributed by atoms with Gasteiger partial charge in [-0.3, -0.25) is 9.59 Å². The van der Waals surface area contributed by atoms with Crippen molar-refractivity contribution in [3.05, 3.63) is 12.2 Å². The summed E-state index contributed by atoms with van der Waals surface area (Å²) in [6.07, 6.45) is 11.9. The van der Waals surface area contributed by atoms with Crippen LogP contribution in [0.2, 0.25) is 0 Å². The summed E-state index contributed by atoms with van der Waals surface area (Å²) in [5.74, 6) is 1.14. The molecule has 1 amide bonds. The molecule has 0 unspecified atom stereocenters. The van der Waals surface area contributed by atoms with Gasteiger partial charge in [0.2, 0.25) is 5.91 Å². The zero-order valence-electron chi connectivity index (χ0n) is 15.0. The fourth-order valence-corrected chi connectivity index (χ4v) is 2.13. The lowest BCUT2D eigenvalue weighted by Gasteiger charge is -2.05. The summed E-state index contributed by atoms with van der Waals surface area (Å²) in [6.45, 7) is 9.09. The SMILES string of the molecule is CC(C)CCCCCCCNC(=O)C/C=C/CC(=O)C(C)C. The van der Waals surface area contributed by atoms with E-state index in [-0.39, 0.29) is 17.6 Å². The van der Waals surface area contributed by atoms with Crippen molar-refractivity contribution in [2.24, 2.45) is 11.8 Å². The quantitative estimate of drug-likeness (QED) is 0.397. The van der Waals surface area contributed by atoms with Crippen LogP contribution in [0.1, 0.15) is 79.1 Å². The summed E-state index contributed by atoms with van der Waals surface area (Å²) in [7, 11) is 0. The molecule has 0 aliphatic heterocycles. The van der Waals surface area contributed by atoms with E-state index in [4.69, 9.17) is 0 Å². The Balaban J connectivity index is 3.43. The molecule has 0 heterocycles. The van der Waals surface area contributed by atoms with Crippen molar-refractivity contribution in [2.45, 2.75) is 79.1 Å². The molecule has 0 bridgehead atoms. The van der Waals surface area contributed by atoms with Gasteiger partial charge in [-0.25, -0.2) is 0 Å². The minimum absolute atomic E-state index is 0.0491. The third-order valence-corrected chi connectivity index (χ3v) is 3.71. The molecule has 0 saturated carbocycles. The first-order valence-corrected chi connectivity index (χ1v) is 8.88. The second-order valence-corrected chi connectivity index (χ2v) is 6.80. The minimum Gasteiger partial charge on any atom is -0.356 e. The highest BCUT2D eigenvalue weighted by atomic mass is 16.1. The highest BCUT2D eigenvalue weighted by Gasteiger charge is 2.04. The number of ketones is 1. The van der Waals surface area contributed by atoms with E-state index in [9.17, 15) is 9.59 Å². The van der Waals surface area contributed by atoms with Gasteiger partial charge in [0.15, 0.2) is 0 Å². The average molecular weight is 309 g/mol. The molecule has 1 N–H and O–H groups in total. The van der Waals surface area contributed by atoms with E-state index in [0.717, 1.165) is 18.9 Å². The minimum atomic E-state index is 0.0491. The Hall–Kier alpha value is -1.12. The van der Waals surface area contributed by atoms with Crippen molar-refractivity contribution in [3.8, 4) is 0 Å². The normalized spacial score (nSPS) is 11.5. The molecule has 0 atom stereocenters. The van der Waals surface area contributed by atoms with Crippen LogP contribution in [0, 0.1) is 11.8 Å². The maximum atomic E-state index is 11.6. The van der Waals surface area contributed by atoms with Gasteiger partial charge in [0, 0.05) is 25.3 Å². The predicted octanol–water partition coefficient (Wildman–Crippen LogP) is 4.66. The highest BCUT2D eigenvalue weighted by molar-refractivity contribution is 5.82. The lowest BCUT2D eigenvalue weighted by Crippen LogP contribution is -2.23. The maximum absolute atomic E-state index is 11.6.